The van der Waals surface area contributed by atoms with Crippen LogP contribution in [-0.2, 0) is 4.79 Å². The fraction of sp³-hybridized carbons (Fsp3) is 0.200. The predicted octanol–water partition coefficient (Wildman–Crippen LogP) is 3.84. The zero-order valence-corrected chi connectivity index (χ0v) is 12.1. The standard InChI is InChI=1S/C15H16ClN3O/c1-10(2)13-9-14(19-18-13)17-15(20)7-6-11-4-3-5-12(16)8-11/h3-10H,1-2H3,(H2,17,18,19,20)/b7-6+. The van der Waals surface area contributed by atoms with Gasteiger partial charge in [-0.2, -0.15) is 5.10 Å². The second kappa shape index (κ2) is 6.39. The van der Waals surface area contributed by atoms with E-state index in [4.69, 9.17) is 11.6 Å². The third-order valence-electron chi connectivity index (χ3n) is 2.75. The zero-order chi connectivity index (χ0) is 14.5. The Morgan fingerprint density at radius 3 is 2.85 bits per heavy atom. The Balaban J connectivity index is 1.98. The summed E-state index contributed by atoms with van der Waals surface area (Å²) in [5, 5.41) is 10.3. The largest absolute Gasteiger partial charge is 0.306 e. The third-order valence-corrected chi connectivity index (χ3v) is 2.98. The van der Waals surface area contributed by atoms with Crippen molar-refractivity contribution in [3.05, 3.63) is 52.7 Å². The zero-order valence-electron chi connectivity index (χ0n) is 11.4. The van der Waals surface area contributed by atoms with Crippen LogP contribution < -0.4 is 5.32 Å². The first-order valence-electron chi connectivity index (χ1n) is 6.34. The maximum atomic E-state index is 11.8. The average Bonchev–Trinajstić information content (AvgIpc) is 2.85. The summed E-state index contributed by atoms with van der Waals surface area (Å²) < 4.78 is 0. The Morgan fingerprint density at radius 2 is 2.20 bits per heavy atom. The lowest BCUT2D eigenvalue weighted by Gasteiger charge is -1.97. The molecule has 1 aromatic heterocycles. The van der Waals surface area contributed by atoms with Gasteiger partial charge in [0.2, 0.25) is 5.91 Å². The third kappa shape index (κ3) is 3.96. The Hall–Kier alpha value is -2.07. The normalized spacial score (nSPS) is 11.2. The molecule has 104 valence electrons. The fourth-order valence-electron chi connectivity index (χ4n) is 1.65. The van der Waals surface area contributed by atoms with Crippen LogP contribution in [0.3, 0.4) is 0 Å². The van der Waals surface area contributed by atoms with E-state index in [-0.39, 0.29) is 5.91 Å². The Kier molecular flexibility index (Phi) is 4.58. The van der Waals surface area contributed by atoms with Gasteiger partial charge in [-0.25, -0.2) is 0 Å². The molecule has 0 atom stereocenters. The number of nitrogens with one attached hydrogen (secondary N) is 2. The minimum atomic E-state index is -0.230. The highest BCUT2D eigenvalue weighted by Gasteiger charge is 2.06. The van der Waals surface area contributed by atoms with Crippen LogP contribution in [0.15, 0.2) is 36.4 Å². The molecule has 4 nitrogen and oxygen atoms in total. The number of H-pyrrole nitrogens is 1. The number of amides is 1. The molecule has 20 heavy (non-hydrogen) atoms. The van der Waals surface area contributed by atoms with Crippen molar-refractivity contribution in [2.24, 2.45) is 0 Å². The summed E-state index contributed by atoms with van der Waals surface area (Å²) in [6, 6.07) is 9.12. The summed E-state index contributed by atoms with van der Waals surface area (Å²) in [7, 11) is 0. The number of anilines is 1. The van der Waals surface area contributed by atoms with Crippen molar-refractivity contribution < 1.29 is 4.79 Å². The number of nitrogens with zero attached hydrogens (tertiary/aromatic N) is 1. The topological polar surface area (TPSA) is 57.8 Å². The van der Waals surface area contributed by atoms with Gasteiger partial charge in [0.05, 0.1) is 0 Å². The summed E-state index contributed by atoms with van der Waals surface area (Å²) in [4.78, 5) is 11.8. The van der Waals surface area contributed by atoms with E-state index in [1.165, 1.54) is 6.08 Å². The number of benzene rings is 1. The quantitative estimate of drug-likeness (QED) is 0.840. The predicted molar refractivity (Wildman–Crippen MR) is 81.8 cm³/mol. The van der Waals surface area contributed by atoms with Crippen LogP contribution in [0.4, 0.5) is 5.82 Å². The molecule has 0 aliphatic heterocycles. The summed E-state index contributed by atoms with van der Waals surface area (Å²) >= 11 is 5.87. The van der Waals surface area contributed by atoms with E-state index in [1.807, 2.05) is 18.2 Å². The Morgan fingerprint density at radius 1 is 1.40 bits per heavy atom. The lowest BCUT2D eigenvalue weighted by atomic mass is 10.1. The summed E-state index contributed by atoms with van der Waals surface area (Å²) in [5.74, 6) is 0.636. The number of rotatable bonds is 4. The monoisotopic (exact) mass is 289 g/mol. The van der Waals surface area contributed by atoms with Gasteiger partial charge < -0.3 is 5.32 Å². The molecular formula is C15H16ClN3O. The number of carbonyl (C=O) groups is 1. The van der Waals surface area contributed by atoms with Gasteiger partial charge in [-0.15, -0.1) is 0 Å². The lowest BCUT2D eigenvalue weighted by Crippen LogP contribution is -2.07. The minimum absolute atomic E-state index is 0.230. The molecule has 1 amide bonds. The molecule has 2 aromatic rings. The molecule has 0 saturated carbocycles. The first-order valence-corrected chi connectivity index (χ1v) is 6.72. The van der Waals surface area contributed by atoms with Crippen LogP contribution in [0.2, 0.25) is 5.02 Å². The molecule has 2 N–H and O–H groups in total. The van der Waals surface area contributed by atoms with E-state index in [9.17, 15) is 4.79 Å². The van der Waals surface area contributed by atoms with Crippen LogP contribution in [0, 0.1) is 0 Å². The SMILES string of the molecule is CC(C)c1cc(NC(=O)/C=C/c2cccc(Cl)c2)n[nH]1. The van der Waals surface area contributed by atoms with E-state index in [2.05, 4.69) is 29.4 Å². The molecular weight excluding hydrogens is 274 g/mol. The molecule has 0 spiro atoms. The lowest BCUT2D eigenvalue weighted by molar-refractivity contribution is -0.111. The number of halogens is 1. The second-order valence-corrected chi connectivity index (χ2v) is 5.18. The Labute approximate surface area is 122 Å². The smallest absolute Gasteiger partial charge is 0.249 e. The number of hydrogen-bond donors (Lipinski definition) is 2. The van der Waals surface area contributed by atoms with Crippen LogP contribution in [-0.4, -0.2) is 16.1 Å². The van der Waals surface area contributed by atoms with Crippen molar-refractivity contribution in [1.29, 1.82) is 0 Å². The van der Waals surface area contributed by atoms with Gasteiger partial charge in [0, 0.05) is 22.9 Å². The second-order valence-electron chi connectivity index (χ2n) is 4.74. The van der Waals surface area contributed by atoms with E-state index in [1.54, 1.807) is 18.2 Å². The molecule has 2 rings (SSSR count). The maximum absolute atomic E-state index is 11.8. The molecule has 0 aliphatic carbocycles. The molecule has 0 radical (unpaired) electrons. The van der Waals surface area contributed by atoms with E-state index >= 15 is 0 Å². The molecule has 0 aliphatic rings. The van der Waals surface area contributed by atoms with Gasteiger partial charge in [0.1, 0.15) is 0 Å². The first kappa shape index (κ1) is 14.3. The van der Waals surface area contributed by atoms with Gasteiger partial charge in [-0.1, -0.05) is 37.6 Å². The van der Waals surface area contributed by atoms with Gasteiger partial charge >= 0.3 is 0 Å². The Bertz CT molecular complexity index is 632. The van der Waals surface area contributed by atoms with Crippen LogP contribution in [0.25, 0.3) is 6.08 Å². The molecule has 5 heteroatoms. The highest BCUT2D eigenvalue weighted by atomic mass is 35.5. The number of hydrogen-bond acceptors (Lipinski definition) is 2. The molecule has 1 heterocycles. The number of carbonyl (C=O) groups excluding carboxylic acids is 1. The van der Waals surface area contributed by atoms with Gasteiger partial charge in [0.25, 0.3) is 0 Å². The molecule has 0 fully saturated rings. The summed E-state index contributed by atoms with van der Waals surface area (Å²) in [5.41, 5.74) is 1.86. The van der Waals surface area contributed by atoms with E-state index < -0.39 is 0 Å². The molecule has 1 aromatic carbocycles. The van der Waals surface area contributed by atoms with Crippen molar-refractivity contribution in [2.75, 3.05) is 5.32 Å². The van der Waals surface area contributed by atoms with Gasteiger partial charge in [-0.3, -0.25) is 9.89 Å². The van der Waals surface area contributed by atoms with Crippen molar-refractivity contribution in [3.8, 4) is 0 Å². The summed E-state index contributed by atoms with van der Waals surface area (Å²) in [6.45, 7) is 4.11. The fourth-order valence-corrected chi connectivity index (χ4v) is 1.85. The van der Waals surface area contributed by atoms with Crippen LogP contribution in [0.1, 0.15) is 31.0 Å². The van der Waals surface area contributed by atoms with Crippen molar-refractivity contribution in [2.45, 2.75) is 19.8 Å². The average molecular weight is 290 g/mol. The van der Waals surface area contributed by atoms with E-state index in [0.29, 0.717) is 16.8 Å². The molecule has 0 saturated heterocycles. The van der Waals surface area contributed by atoms with Crippen molar-refractivity contribution >= 4 is 29.4 Å². The van der Waals surface area contributed by atoms with Crippen molar-refractivity contribution in [1.82, 2.24) is 10.2 Å². The van der Waals surface area contributed by atoms with E-state index in [0.717, 1.165) is 11.3 Å². The van der Waals surface area contributed by atoms with Crippen molar-refractivity contribution in [3.63, 3.8) is 0 Å². The summed E-state index contributed by atoms with van der Waals surface area (Å²) in [6.07, 6.45) is 3.16. The number of aromatic amines is 1. The van der Waals surface area contributed by atoms with Crippen LogP contribution in [0.5, 0.6) is 0 Å². The highest BCUT2D eigenvalue weighted by molar-refractivity contribution is 6.30. The maximum Gasteiger partial charge on any atom is 0.249 e. The van der Waals surface area contributed by atoms with Gasteiger partial charge in [-0.05, 0) is 29.7 Å². The van der Waals surface area contributed by atoms with Crippen LogP contribution >= 0.6 is 11.6 Å². The molecule has 0 bridgehead atoms. The minimum Gasteiger partial charge on any atom is -0.306 e. The molecule has 0 unspecified atom stereocenters. The number of aromatic nitrogens is 2. The van der Waals surface area contributed by atoms with Gasteiger partial charge in [0.15, 0.2) is 5.82 Å². The first-order chi connectivity index (χ1) is 9.54. The highest BCUT2D eigenvalue weighted by Crippen LogP contribution is 2.15.